The van der Waals surface area contributed by atoms with Crippen LogP contribution in [0.5, 0.6) is 0 Å². The third-order valence-corrected chi connectivity index (χ3v) is 6.37. The molecule has 1 saturated heterocycles. The van der Waals surface area contributed by atoms with E-state index in [1.807, 2.05) is 12.1 Å². The molecule has 154 valence electrons. The highest BCUT2D eigenvalue weighted by Crippen LogP contribution is 2.34. The minimum absolute atomic E-state index is 0.188. The standard InChI is InChI=1S/C23H23FN4O2/c1-26-20-5-2-15(24)12-17(20)18-14-28(7-6-21(18)26)16-3-4-19-22(13-16)30-23(25-19)27-8-10-29-11-9-27/h2-5,12-13H,6-11,14H2,1H3. The Kier molecular flexibility index (Phi) is 3.99. The Labute approximate surface area is 173 Å². The van der Waals surface area contributed by atoms with Crippen LogP contribution in [-0.4, -0.2) is 42.4 Å². The Bertz CT molecular complexity index is 1260. The zero-order valence-corrected chi connectivity index (χ0v) is 16.9. The molecule has 2 aliphatic rings. The van der Waals surface area contributed by atoms with Gasteiger partial charge in [-0.1, -0.05) is 0 Å². The molecule has 0 bridgehead atoms. The van der Waals surface area contributed by atoms with E-state index in [4.69, 9.17) is 9.15 Å². The molecule has 6 rings (SSSR count). The number of halogens is 1. The van der Waals surface area contributed by atoms with Gasteiger partial charge in [0.1, 0.15) is 11.3 Å². The number of hydrogen-bond donors (Lipinski definition) is 0. The van der Waals surface area contributed by atoms with Crippen molar-refractivity contribution in [2.24, 2.45) is 7.05 Å². The summed E-state index contributed by atoms with van der Waals surface area (Å²) in [6, 6.07) is 11.9. The molecular weight excluding hydrogens is 383 g/mol. The van der Waals surface area contributed by atoms with E-state index in [9.17, 15) is 4.39 Å². The largest absolute Gasteiger partial charge is 0.423 e. The molecule has 7 heteroatoms. The van der Waals surface area contributed by atoms with Crippen LogP contribution in [0.1, 0.15) is 11.3 Å². The van der Waals surface area contributed by atoms with Gasteiger partial charge in [0.2, 0.25) is 0 Å². The van der Waals surface area contributed by atoms with Crippen LogP contribution in [-0.2, 0) is 24.8 Å². The highest BCUT2D eigenvalue weighted by Gasteiger charge is 2.24. The lowest BCUT2D eigenvalue weighted by Crippen LogP contribution is -2.36. The summed E-state index contributed by atoms with van der Waals surface area (Å²) in [5.74, 6) is -0.188. The number of hydrogen-bond acceptors (Lipinski definition) is 5. The van der Waals surface area contributed by atoms with E-state index in [2.05, 4.69) is 38.5 Å². The molecule has 0 unspecified atom stereocenters. The van der Waals surface area contributed by atoms with Crippen LogP contribution in [0, 0.1) is 5.82 Å². The van der Waals surface area contributed by atoms with Crippen molar-refractivity contribution in [3.8, 4) is 0 Å². The van der Waals surface area contributed by atoms with Crippen molar-refractivity contribution in [1.29, 1.82) is 0 Å². The van der Waals surface area contributed by atoms with Crippen molar-refractivity contribution in [2.75, 3.05) is 42.6 Å². The summed E-state index contributed by atoms with van der Waals surface area (Å²) in [7, 11) is 2.07. The number of aryl methyl sites for hydroxylation is 1. The Balaban J connectivity index is 1.34. The van der Waals surface area contributed by atoms with Crippen LogP contribution in [0.3, 0.4) is 0 Å². The summed E-state index contributed by atoms with van der Waals surface area (Å²) in [5, 5.41) is 1.01. The van der Waals surface area contributed by atoms with E-state index in [0.29, 0.717) is 19.2 Å². The number of aromatic nitrogens is 2. The predicted molar refractivity (Wildman–Crippen MR) is 115 cm³/mol. The number of ether oxygens (including phenoxy) is 1. The summed E-state index contributed by atoms with van der Waals surface area (Å²) < 4.78 is 27.6. The van der Waals surface area contributed by atoms with E-state index < -0.39 is 0 Å². The first kappa shape index (κ1) is 17.8. The highest BCUT2D eigenvalue weighted by molar-refractivity contribution is 5.87. The van der Waals surface area contributed by atoms with Gasteiger partial charge in [0.05, 0.1) is 13.2 Å². The van der Waals surface area contributed by atoms with Gasteiger partial charge in [-0.25, -0.2) is 4.39 Å². The van der Waals surface area contributed by atoms with Crippen molar-refractivity contribution in [1.82, 2.24) is 9.55 Å². The van der Waals surface area contributed by atoms with Gasteiger partial charge < -0.3 is 23.5 Å². The first-order valence-corrected chi connectivity index (χ1v) is 10.4. The van der Waals surface area contributed by atoms with E-state index in [-0.39, 0.29) is 5.82 Å². The van der Waals surface area contributed by atoms with Crippen LogP contribution < -0.4 is 9.80 Å². The number of anilines is 2. The van der Waals surface area contributed by atoms with Crippen LogP contribution in [0.15, 0.2) is 40.8 Å². The van der Waals surface area contributed by atoms with E-state index >= 15 is 0 Å². The fourth-order valence-electron chi connectivity index (χ4n) is 4.76. The lowest BCUT2D eigenvalue weighted by atomic mass is 10.0. The number of fused-ring (bicyclic) bond motifs is 4. The maximum Gasteiger partial charge on any atom is 0.298 e. The Hall–Kier alpha value is -3.06. The molecule has 0 spiro atoms. The summed E-state index contributed by atoms with van der Waals surface area (Å²) in [6.07, 6.45) is 0.926. The molecule has 0 N–H and O–H groups in total. The van der Waals surface area contributed by atoms with Crippen molar-refractivity contribution in [2.45, 2.75) is 13.0 Å². The Morgan fingerprint density at radius 2 is 1.87 bits per heavy atom. The molecule has 0 aliphatic carbocycles. The fraction of sp³-hybridized carbons (Fsp3) is 0.348. The first-order valence-electron chi connectivity index (χ1n) is 10.4. The normalized spacial score (nSPS) is 17.1. The lowest BCUT2D eigenvalue weighted by molar-refractivity contribution is 0.120. The lowest BCUT2D eigenvalue weighted by Gasteiger charge is -2.29. The van der Waals surface area contributed by atoms with E-state index in [1.165, 1.54) is 17.3 Å². The smallest absolute Gasteiger partial charge is 0.298 e. The molecule has 2 aromatic heterocycles. The molecule has 4 aromatic rings. The quantitative estimate of drug-likeness (QED) is 0.506. The van der Waals surface area contributed by atoms with Gasteiger partial charge >= 0.3 is 0 Å². The SMILES string of the molecule is Cn1c2c(c3cc(F)ccc31)CN(c1ccc3nc(N4CCOCC4)oc3c1)CC2. The van der Waals surface area contributed by atoms with Crippen molar-refractivity contribution in [3.05, 3.63) is 53.5 Å². The zero-order chi connectivity index (χ0) is 20.2. The third-order valence-electron chi connectivity index (χ3n) is 6.37. The number of morpholine rings is 1. The molecular formula is C23H23FN4O2. The minimum Gasteiger partial charge on any atom is -0.423 e. The maximum atomic E-state index is 13.9. The number of oxazole rings is 1. The summed E-state index contributed by atoms with van der Waals surface area (Å²) >= 11 is 0. The summed E-state index contributed by atoms with van der Waals surface area (Å²) in [6.45, 7) is 4.66. The molecule has 0 atom stereocenters. The molecule has 0 saturated carbocycles. The van der Waals surface area contributed by atoms with Crippen LogP contribution in [0.25, 0.3) is 22.0 Å². The second-order valence-electron chi connectivity index (χ2n) is 8.07. The summed E-state index contributed by atoms with van der Waals surface area (Å²) in [4.78, 5) is 9.12. The number of benzene rings is 2. The second kappa shape index (κ2) is 6.74. The predicted octanol–water partition coefficient (Wildman–Crippen LogP) is 3.86. The molecule has 2 aromatic carbocycles. The van der Waals surface area contributed by atoms with Gasteiger partial charge in [-0.2, -0.15) is 4.98 Å². The van der Waals surface area contributed by atoms with Crippen LogP contribution in [0.2, 0.25) is 0 Å². The molecule has 4 heterocycles. The molecule has 2 aliphatic heterocycles. The molecule has 0 amide bonds. The van der Waals surface area contributed by atoms with Crippen LogP contribution in [0.4, 0.5) is 16.1 Å². The van der Waals surface area contributed by atoms with Gasteiger partial charge in [-0.05, 0) is 30.3 Å². The average Bonchev–Trinajstić information content (AvgIpc) is 3.33. The molecule has 30 heavy (non-hydrogen) atoms. The van der Waals surface area contributed by atoms with Crippen molar-refractivity contribution >= 4 is 33.7 Å². The fourth-order valence-corrected chi connectivity index (χ4v) is 4.76. The minimum atomic E-state index is -0.188. The van der Waals surface area contributed by atoms with Gasteiger partial charge in [0.25, 0.3) is 6.01 Å². The van der Waals surface area contributed by atoms with Gasteiger partial charge in [0.15, 0.2) is 5.58 Å². The van der Waals surface area contributed by atoms with Crippen molar-refractivity contribution in [3.63, 3.8) is 0 Å². The Morgan fingerprint density at radius 1 is 1.00 bits per heavy atom. The first-order chi connectivity index (χ1) is 14.7. The van der Waals surface area contributed by atoms with E-state index in [1.54, 1.807) is 6.07 Å². The average molecular weight is 406 g/mol. The summed E-state index contributed by atoms with van der Waals surface area (Å²) in [5.41, 5.74) is 6.36. The third kappa shape index (κ3) is 2.76. The molecule has 6 nitrogen and oxygen atoms in total. The molecule has 1 fully saturated rings. The van der Waals surface area contributed by atoms with Gasteiger partial charge in [0, 0.05) is 73.6 Å². The number of rotatable bonds is 2. The highest BCUT2D eigenvalue weighted by atomic mass is 19.1. The molecule has 0 radical (unpaired) electrons. The van der Waals surface area contributed by atoms with Gasteiger partial charge in [-0.15, -0.1) is 0 Å². The van der Waals surface area contributed by atoms with Crippen molar-refractivity contribution < 1.29 is 13.5 Å². The second-order valence-corrected chi connectivity index (χ2v) is 8.07. The Morgan fingerprint density at radius 3 is 2.73 bits per heavy atom. The van der Waals surface area contributed by atoms with Gasteiger partial charge in [-0.3, -0.25) is 0 Å². The van der Waals surface area contributed by atoms with E-state index in [0.717, 1.165) is 60.3 Å². The topological polar surface area (TPSA) is 46.7 Å². The maximum absolute atomic E-state index is 13.9. The zero-order valence-electron chi connectivity index (χ0n) is 16.9. The number of nitrogens with zero attached hydrogens (tertiary/aromatic N) is 4. The monoisotopic (exact) mass is 406 g/mol. The van der Waals surface area contributed by atoms with Crippen LogP contribution >= 0.6 is 0 Å².